The summed E-state index contributed by atoms with van der Waals surface area (Å²) >= 11 is 0. The minimum atomic E-state index is -0.705. The summed E-state index contributed by atoms with van der Waals surface area (Å²) in [7, 11) is 0. The molecule has 0 bridgehead atoms. The second kappa shape index (κ2) is 30.5. The Morgan fingerprint density at radius 2 is 0.718 bits per heavy atom. The Hall–Kier alpha value is -6.89. The van der Waals surface area contributed by atoms with E-state index in [1.54, 1.807) is 30.3 Å². The SMILES string of the molecule is CCC(C)(C)C(=O)Oc1ccc(C2(O)CCCC2)cc1.CCC(C)(C)C(=O)Oc1ccc(C2(O)CCCCC2)cc1.CCC(C)(C)C(=O)Oc1ccc2cc(C(C)OC(C)=O)ccc2c1.CCC(C)c1ccc2cc(C(C)OC(C)=O)ccc2c1. The van der Waals surface area contributed by atoms with Gasteiger partial charge in [0.05, 0.1) is 27.4 Å². The van der Waals surface area contributed by atoms with Crippen molar-refractivity contribution in [3.8, 4) is 17.2 Å². The molecule has 2 saturated carbocycles. The van der Waals surface area contributed by atoms with E-state index in [9.17, 15) is 34.2 Å². The van der Waals surface area contributed by atoms with Crippen LogP contribution in [0.15, 0.2) is 121 Å². The van der Waals surface area contributed by atoms with Crippen molar-refractivity contribution in [2.75, 3.05) is 0 Å². The van der Waals surface area contributed by atoms with Crippen LogP contribution in [0.2, 0.25) is 0 Å². The van der Waals surface area contributed by atoms with Crippen LogP contribution >= 0.6 is 0 Å². The maximum atomic E-state index is 12.2. The summed E-state index contributed by atoms with van der Waals surface area (Å²) in [6.07, 6.45) is 11.6. The predicted molar refractivity (Wildman–Crippen MR) is 338 cm³/mol. The third kappa shape index (κ3) is 19.6. The standard InChI is InChI=1S/C20H24O4.C18H26O3.C18H22O2.C17H24O3/c1-6-20(4,5)19(22)24-18-10-9-16-11-15(7-8-17(16)12-18)13(2)23-14(3)21;1-4-17(2,3)16(19)21-15-10-8-14(9-11-15)18(20)12-6-5-7-13-18;1-5-12(2)15-6-8-18-11-16(7-9-17(18)10-15)13(3)20-14(4)19;1-4-16(2,3)15(18)20-14-9-7-13(8-10-14)17(19)11-5-6-12-17/h7-13H,6H2,1-5H3;8-11,20H,4-7,12-13H2,1-3H3;6-13H,5H2,1-4H3;7-10,19H,4-6,11-12H2,1-3H3. The van der Waals surface area contributed by atoms with Gasteiger partial charge in [0.2, 0.25) is 0 Å². The molecule has 12 nitrogen and oxygen atoms in total. The number of hydrogen-bond donors (Lipinski definition) is 2. The molecule has 2 fully saturated rings. The molecular formula is C73H96O12. The first-order valence-electron chi connectivity index (χ1n) is 30.7. The normalized spacial score (nSPS) is 15.6. The first kappa shape index (κ1) is 68.9. The van der Waals surface area contributed by atoms with Crippen LogP contribution in [0.25, 0.3) is 21.5 Å². The highest BCUT2D eigenvalue weighted by Gasteiger charge is 2.35. The van der Waals surface area contributed by atoms with Gasteiger partial charge in [-0.2, -0.15) is 0 Å². The highest BCUT2D eigenvalue weighted by Crippen LogP contribution is 2.40. The first-order chi connectivity index (χ1) is 40.0. The molecule has 0 aliphatic heterocycles. The summed E-state index contributed by atoms with van der Waals surface area (Å²) in [5.74, 6) is 0.999. The summed E-state index contributed by atoms with van der Waals surface area (Å²) in [6, 6.07) is 38.8. The van der Waals surface area contributed by atoms with E-state index in [1.165, 1.54) is 36.6 Å². The smallest absolute Gasteiger partial charge is 0.316 e. The molecule has 6 aromatic rings. The predicted octanol–water partition coefficient (Wildman–Crippen LogP) is 17.8. The van der Waals surface area contributed by atoms with Crippen LogP contribution in [0.4, 0.5) is 0 Å². The molecule has 6 aromatic carbocycles. The van der Waals surface area contributed by atoms with Gasteiger partial charge in [-0.25, -0.2) is 0 Å². The van der Waals surface area contributed by atoms with Crippen LogP contribution in [0.5, 0.6) is 17.2 Å². The van der Waals surface area contributed by atoms with E-state index >= 15 is 0 Å². The Labute approximate surface area is 506 Å². The Balaban J connectivity index is 0.000000208. The Bertz CT molecular complexity index is 3170. The van der Waals surface area contributed by atoms with E-state index in [4.69, 9.17) is 23.7 Å². The van der Waals surface area contributed by atoms with E-state index < -0.39 is 27.4 Å². The van der Waals surface area contributed by atoms with Gasteiger partial charge in [-0.15, -0.1) is 0 Å². The zero-order chi connectivity index (χ0) is 62.9. The highest BCUT2D eigenvalue weighted by atomic mass is 16.6. The van der Waals surface area contributed by atoms with Crippen molar-refractivity contribution in [1.82, 2.24) is 0 Å². The van der Waals surface area contributed by atoms with E-state index in [0.29, 0.717) is 23.2 Å². The summed E-state index contributed by atoms with van der Waals surface area (Å²) in [5.41, 5.74) is 2.34. The number of fused-ring (bicyclic) bond motifs is 2. The second-order valence-electron chi connectivity index (χ2n) is 25.2. The lowest BCUT2D eigenvalue weighted by atomic mass is 9.80. The summed E-state index contributed by atoms with van der Waals surface area (Å²) in [4.78, 5) is 58.3. The molecule has 460 valence electrons. The fourth-order valence-corrected chi connectivity index (χ4v) is 9.78. The monoisotopic (exact) mass is 1160 g/mol. The molecule has 0 heterocycles. The Kier molecular flexibility index (Phi) is 24.7. The van der Waals surface area contributed by atoms with Crippen LogP contribution in [0, 0.1) is 16.2 Å². The van der Waals surface area contributed by atoms with Gasteiger partial charge in [0.25, 0.3) is 0 Å². The van der Waals surface area contributed by atoms with Gasteiger partial charge in [0.1, 0.15) is 29.5 Å². The largest absolute Gasteiger partial charge is 0.458 e. The van der Waals surface area contributed by atoms with Crippen molar-refractivity contribution in [2.24, 2.45) is 16.2 Å². The Morgan fingerprint density at radius 1 is 0.424 bits per heavy atom. The minimum Gasteiger partial charge on any atom is -0.458 e. The third-order valence-electron chi connectivity index (χ3n) is 17.4. The van der Waals surface area contributed by atoms with Gasteiger partial charge in [0.15, 0.2) is 0 Å². The van der Waals surface area contributed by atoms with Gasteiger partial charge >= 0.3 is 29.8 Å². The summed E-state index contributed by atoms with van der Waals surface area (Å²) in [5, 5.41) is 25.6. The summed E-state index contributed by atoms with van der Waals surface area (Å²) in [6.45, 7) is 28.2. The van der Waals surface area contributed by atoms with E-state index in [2.05, 4.69) is 44.2 Å². The van der Waals surface area contributed by atoms with Gasteiger partial charge in [-0.05, 0) is 211 Å². The topological polar surface area (TPSA) is 172 Å². The fraction of sp³-hybridized carbons (Fsp3) is 0.493. The average molecular weight is 1170 g/mol. The molecule has 85 heavy (non-hydrogen) atoms. The maximum Gasteiger partial charge on any atom is 0.316 e. The van der Waals surface area contributed by atoms with E-state index in [-0.39, 0.29) is 42.1 Å². The van der Waals surface area contributed by atoms with Crippen molar-refractivity contribution in [3.63, 3.8) is 0 Å². The molecule has 8 rings (SSSR count). The van der Waals surface area contributed by atoms with Gasteiger partial charge in [0, 0.05) is 13.8 Å². The Morgan fingerprint density at radius 3 is 1.06 bits per heavy atom. The van der Waals surface area contributed by atoms with Crippen LogP contribution in [-0.4, -0.2) is 40.1 Å². The number of benzene rings is 6. The lowest BCUT2D eigenvalue weighted by Crippen LogP contribution is -2.29. The molecule has 0 aromatic heterocycles. The molecule has 3 atom stereocenters. The van der Waals surface area contributed by atoms with Crippen LogP contribution in [-0.2, 0) is 44.6 Å². The zero-order valence-electron chi connectivity index (χ0n) is 53.4. The molecule has 0 saturated heterocycles. The number of carbonyl (C=O) groups excluding carboxylic acids is 5. The molecule has 12 heteroatoms. The molecule has 2 aliphatic rings. The third-order valence-corrected chi connectivity index (χ3v) is 17.4. The zero-order valence-corrected chi connectivity index (χ0v) is 53.4. The first-order valence-corrected chi connectivity index (χ1v) is 30.7. The minimum absolute atomic E-state index is 0.203. The molecular weight excluding hydrogens is 1070 g/mol. The van der Waals surface area contributed by atoms with Crippen molar-refractivity contribution in [1.29, 1.82) is 0 Å². The van der Waals surface area contributed by atoms with Gasteiger partial charge in [-0.1, -0.05) is 140 Å². The second-order valence-corrected chi connectivity index (χ2v) is 25.2. The number of ether oxygens (including phenoxy) is 5. The highest BCUT2D eigenvalue weighted by molar-refractivity contribution is 5.87. The molecule has 2 aliphatic carbocycles. The van der Waals surface area contributed by atoms with Gasteiger partial charge < -0.3 is 33.9 Å². The molecule has 0 spiro atoms. The lowest BCUT2D eigenvalue weighted by Gasteiger charge is -2.32. The van der Waals surface area contributed by atoms with Crippen molar-refractivity contribution in [3.05, 3.63) is 149 Å². The quantitative estimate of drug-likeness (QED) is 0.0655. The van der Waals surface area contributed by atoms with Crippen molar-refractivity contribution in [2.45, 2.75) is 217 Å². The van der Waals surface area contributed by atoms with E-state index in [0.717, 1.165) is 110 Å². The van der Waals surface area contributed by atoms with Crippen molar-refractivity contribution < 1.29 is 57.9 Å². The van der Waals surface area contributed by atoms with Gasteiger partial charge in [-0.3, -0.25) is 24.0 Å². The fourth-order valence-electron chi connectivity index (χ4n) is 9.78. The average Bonchev–Trinajstić information content (AvgIpc) is 4.11. The number of esters is 5. The lowest BCUT2D eigenvalue weighted by molar-refractivity contribution is -0.146. The van der Waals surface area contributed by atoms with Crippen LogP contribution in [0.1, 0.15) is 233 Å². The van der Waals surface area contributed by atoms with Crippen LogP contribution < -0.4 is 14.2 Å². The molecule has 3 unspecified atom stereocenters. The number of aliphatic hydroxyl groups is 2. The van der Waals surface area contributed by atoms with Crippen LogP contribution in [0.3, 0.4) is 0 Å². The molecule has 0 radical (unpaired) electrons. The maximum absolute atomic E-state index is 12.2. The number of hydrogen-bond acceptors (Lipinski definition) is 12. The number of carbonyl (C=O) groups is 5. The van der Waals surface area contributed by atoms with E-state index in [1.807, 2.05) is 137 Å². The molecule has 2 N–H and O–H groups in total. The van der Waals surface area contributed by atoms with Crippen molar-refractivity contribution >= 4 is 51.4 Å². The number of rotatable bonds is 17. The molecule has 0 amide bonds. The summed E-state index contributed by atoms with van der Waals surface area (Å²) < 4.78 is 26.8.